The topological polar surface area (TPSA) is 73.1 Å². The van der Waals surface area contributed by atoms with Gasteiger partial charge in [0, 0.05) is 25.5 Å². The highest BCUT2D eigenvalue weighted by Crippen LogP contribution is 2.37. The summed E-state index contributed by atoms with van der Waals surface area (Å²) in [6, 6.07) is 2.39. The first-order valence-electron chi connectivity index (χ1n) is 9.27. The summed E-state index contributed by atoms with van der Waals surface area (Å²) in [6.45, 7) is 7.85. The van der Waals surface area contributed by atoms with E-state index in [1.165, 1.54) is 11.3 Å². The second-order valence-electron chi connectivity index (χ2n) is 6.76. The third-order valence-corrected chi connectivity index (χ3v) is 6.17. The van der Waals surface area contributed by atoms with Crippen molar-refractivity contribution in [2.75, 3.05) is 24.6 Å². The lowest BCUT2D eigenvalue weighted by atomic mass is 10.0. The number of aromatic nitrogens is 4. The van der Waals surface area contributed by atoms with Crippen LogP contribution >= 0.6 is 11.3 Å². The maximum Gasteiger partial charge on any atom is 0.348 e. The van der Waals surface area contributed by atoms with Crippen LogP contribution < -0.4 is 4.90 Å². The minimum Gasteiger partial charge on any atom is -0.462 e. The number of esters is 1. The van der Waals surface area contributed by atoms with Crippen molar-refractivity contribution >= 4 is 33.3 Å². The summed E-state index contributed by atoms with van der Waals surface area (Å²) in [5.41, 5.74) is 0.914. The van der Waals surface area contributed by atoms with Gasteiger partial charge in [-0.05, 0) is 45.2 Å². The molecule has 0 aliphatic carbocycles. The summed E-state index contributed by atoms with van der Waals surface area (Å²) in [5, 5.41) is 5.36. The summed E-state index contributed by atoms with van der Waals surface area (Å²) in [6.07, 6.45) is 5.89. The zero-order valence-electron chi connectivity index (χ0n) is 15.8. The molecule has 3 aromatic heterocycles. The molecule has 3 aromatic rings. The number of ether oxygens (including phenoxy) is 1. The van der Waals surface area contributed by atoms with Crippen LogP contribution in [0.15, 0.2) is 18.5 Å². The first-order chi connectivity index (χ1) is 13.1. The van der Waals surface area contributed by atoms with Crippen LogP contribution in [-0.2, 0) is 4.74 Å². The third-order valence-electron chi connectivity index (χ3n) is 5.01. The molecule has 0 bridgehead atoms. The first-order valence-corrected chi connectivity index (χ1v) is 10.1. The first kappa shape index (κ1) is 17.9. The average molecular weight is 385 g/mol. The molecule has 8 heteroatoms. The van der Waals surface area contributed by atoms with Crippen molar-refractivity contribution in [2.24, 2.45) is 0 Å². The fourth-order valence-corrected chi connectivity index (χ4v) is 4.80. The molecule has 0 radical (unpaired) electrons. The van der Waals surface area contributed by atoms with Crippen molar-refractivity contribution in [3.63, 3.8) is 0 Å². The van der Waals surface area contributed by atoms with E-state index in [0.29, 0.717) is 17.5 Å². The van der Waals surface area contributed by atoms with Gasteiger partial charge in [-0.15, -0.1) is 11.3 Å². The summed E-state index contributed by atoms with van der Waals surface area (Å²) >= 11 is 1.40. The Morgan fingerprint density at radius 1 is 1.30 bits per heavy atom. The maximum absolute atomic E-state index is 12.3. The van der Waals surface area contributed by atoms with Gasteiger partial charge in [-0.2, -0.15) is 5.10 Å². The number of piperidine rings is 1. The number of carbonyl (C=O) groups excluding carboxylic acids is 1. The van der Waals surface area contributed by atoms with Gasteiger partial charge in [-0.3, -0.25) is 4.68 Å². The zero-order valence-corrected chi connectivity index (χ0v) is 16.6. The van der Waals surface area contributed by atoms with Crippen molar-refractivity contribution in [1.82, 2.24) is 19.7 Å². The fraction of sp³-hybridized carbons (Fsp3) is 0.474. The van der Waals surface area contributed by atoms with Crippen molar-refractivity contribution in [3.05, 3.63) is 34.7 Å². The molecule has 0 saturated carbocycles. The average Bonchev–Trinajstić information content (AvgIpc) is 3.30. The summed E-state index contributed by atoms with van der Waals surface area (Å²) < 4.78 is 7.26. The van der Waals surface area contributed by atoms with Gasteiger partial charge in [-0.1, -0.05) is 0 Å². The molecule has 4 rings (SSSR count). The second-order valence-corrected chi connectivity index (χ2v) is 7.75. The van der Waals surface area contributed by atoms with Crippen LogP contribution in [0.1, 0.15) is 46.9 Å². The van der Waals surface area contributed by atoms with Gasteiger partial charge in [0.1, 0.15) is 21.3 Å². The minimum atomic E-state index is -0.279. The van der Waals surface area contributed by atoms with Gasteiger partial charge in [0.05, 0.1) is 18.0 Å². The maximum atomic E-state index is 12.3. The Morgan fingerprint density at radius 2 is 2.07 bits per heavy atom. The Hall–Kier alpha value is -2.48. The zero-order chi connectivity index (χ0) is 19.0. The predicted octanol–water partition coefficient (Wildman–Crippen LogP) is 3.52. The molecule has 0 spiro atoms. The molecule has 1 aliphatic rings. The molecule has 0 unspecified atom stereocenters. The Morgan fingerprint density at radius 3 is 2.74 bits per heavy atom. The van der Waals surface area contributed by atoms with E-state index in [-0.39, 0.29) is 5.97 Å². The van der Waals surface area contributed by atoms with E-state index in [1.54, 1.807) is 0 Å². The van der Waals surface area contributed by atoms with Crippen LogP contribution in [0, 0.1) is 13.8 Å². The quantitative estimate of drug-likeness (QED) is 0.640. The van der Waals surface area contributed by atoms with Crippen molar-refractivity contribution in [3.8, 4) is 0 Å². The molecule has 1 fully saturated rings. The van der Waals surface area contributed by atoms with Crippen LogP contribution in [0.5, 0.6) is 0 Å². The summed E-state index contributed by atoms with van der Waals surface area (Å²) in [4.78, 5) is 25.4. The van der Waals surface area contributed by atoms with E-state index in [2.05, 4.69) is 15.0 Å². The smallest absolute Gasteiger partial charge is 0.348 e. The van der Waals surface area contributed by atoms with Gasteiger partial charge in [-0.25, -0.2) is 14.8 Å². The minimum absolute atomic E-state index is 0.279. The number of carbonyl (C=O) groups is 1. The number of hydrogen-bond donors (Lipinski definition) is 0. The number of hydrogen-bond acceptors (Lipinski definition) is 7. The van der Waals surface area contributed by atoms with Crippen LogP contribution in [-0.4, -0.2) is 45.4 Å². The molecule has 4 heterocycles. The number of thiophene rings is 1. The lowest BCUT2D eigenvalue weighted by Crippen LogP contribution is -2.35. The molecule has 0 amide bonds. The van der Waals surface area contributed by atoms with Crippen molar-refractivity contribution < 1.29 is 9.53 Å². The van der Waals surface area contributed by atoms with Gasteiger partial charge >= 0.3 is 5.97 Å². The Labute approximate surface area is 162 Å². The molecule has 0 aromatic carbocycles. The number of fused-ring (bicyclic) bond motifs is 1. The number of anilines is 1. The highest BCUT2D eigenvalue weighted by Gasteiger charge is 2.27. The van der Waals surface area contributed by atoms with E-state index in [1.807, 2.05) is 43.9 Å². The normalized spacial score (nSPS) is 15.4. The summed E-state index contributed by atoms with van der Waals surface area (Å²) in [5.74, 6) is 1.38. The fourth-order valence-electron chi connectivity index (χ4n) is 3.68. The van der Waals surface area contributed by atoms with Crippen LogP contribution in [0.4, 0.5) is 5.82 Å². The van der Waals surface area contributed by atoms with Crippen molar-refractivity contribution in [2.45, 2.75) is 39.7 Å². The predicted molar refractivity (Wildman–Crippen MR) is 106 cm³/mol. The highest BCUT2D eigenvalue weighted by molar-refractivity contribution is 7.20. The molecule has 142 valence electrons. The van der Waals surface area contributed by atoms with Crippen molar-refractivity contribution in [1.29, 1.82) is 0 Å². The van der Waals surface area contributed by atoms with Crippen LogP contribution in [0.3, 0.4) is 0 Å². The molecule has 7 nitrogen and oxygen atoms in total. The Kier molecular flexibility index (Phi) is 4.82. The lowest BCUT2D eigenvalue weighted by molar-refractivity contribution is 0.0531. The molecule has 1 aliphatic heterocycles. The molecule has 0 atom stereocenters. The molecular formula is C19H23N5O2S. The largest absolute Gasteiger partial charge is 0.462 e. The summed E-state index contributed by atoms with van der Waals surface area (Å²) in [7, 11) is 0. The molecule has 27 heavy (non-hydrogen) atoms. The molecule has 1 saturated heterocycles. The van der Waals surface area contributed by atoms with Gasteiger partial charge in [0.2, 0.25) is 0 Å². The van der Waals surface area contributed by atoms with Gasteiger partial charge in [0.15, 0.2) is 0 Å². The third kappa shape index (κ3) is 3.29. The van der Waals surface area contributed by atoms with Crippen LogP contribution in [0.25, 0.3) is 10.2 Å². The van der Waals surface area contributed by atoms with Crippen LogP contribution in [0.2, 0.25) is 0 Å². The van der Waals surface area contributed by atoms with Gasteiger partial charge < -0.3 is 9.64 Å². The Bertz CT molecular complexity index is 958. The number of rotatable bonds is 4. The van der Waals surface area contributed by atoms with E-state index < -0.39 is 0 Å². The standard InChI is InChI=1S/C19H23N5O2S/c1-4-26-19(25)16-12(2)15-17(21-13(3)22-18(15)27-16)23-10-6-14(7-11-23)24-9-5-8-20-24/h5,8-9,14H,4,6-7,10-11H2,1-3H3. The number of aryl methyl sites for hydroxylation is 2. The van der Waals surface area contributed by atoms with E-state index in [9.17, 15) is 4.79 Å². The monoisotopic (exact) mass is 385 g/mol. The van der Waals surface area contributed by atoms with Gasteiger partial charge in [0.25, 0.3) is 0 Å². The highest BCUT2D eigenvalue weighted by atomic mass is 32.1. The number of nitrogens with zero attached hydrogens (tertiary/aromatic N) is 5. The van der Waals surface area contributed by atoms with E-state index in [4.69, 9.17) is 9.72 Å². The second kappa shape index (κ2) is 7.26. The SMILES string of the molecule is CCOC(=O)c1sc2nc(C)nc(N3CCC(n4cccn4)CC3)c2c1C. The Balaban J connectivity index is 1.66. The molecule has 0 N–H and O–H groups in total. The van der Waals surface area contributed by atoms with E-state index >= 15 is 0 Å². The lowest BCUT2D eigenvalue weighted by Gasteiger charge is -2.33. The van der Waals surface area contributed by atoms with E-state index in [0.717, 1.165) is 53.4 Å². The molecular weight excluding hydrogens is 362 g/mol.